The average Bonchev–Trinajstić information content (AvgIpc) is 3.25. The number of amides is 2. The number of fused-ring (bicyclic) bond motifs is 2. The third-order valence-corrected chi connectivity index (χ3v) is 6.06. The number of rotatable bonds is 4. The van der Waals surface area contributed by atoms with Gasteiger partial charge in [0.05, 0.1) is 11.9 Å². The highest BCUT2D eigenvalue weighted by molar-refractivity contribution is 7.91. The van der Waals surface area contributed by atoms with Gasteiger partial charge in [-0.15, -0.1) is 0 Å². The Morgan fingerprint density at radius 2 is 1.70 bits per heavy atom. The number of hydrogen-bond donors (Lipinski definition) is 3. The molecule has 0 spiro atoms. The van der Waals surface area contributed by atoms with Gasteiger partial charge in [-0.25, -0.2) is 9.52 Å². The van der Waals surface area contributed by atoms with E-state index < -0.39 is 16.2 Å². The number of hydrogen-bond acceptors (Lipinski definition) is 4. The van der Waals surface area contributed by atoms with Crippen LogP contribution in [0.3, 0.4) is 0 Å². The summed E-state index contributed by atoms with van der Waals surface area (Å²) in [5.74, 6) is 0. The van der Waals surface area contributed by atoms with Crippen molar-refractivity contribution < 1.29 is 13.2 Å². The smallest absolute Gasteiger partial charge is 0.307 e. The van der Waals surface area contributed by atoms with Crippen LogP contribution in [0.25, 0.3) is 0 Å². The quantitative estimate of drug-likeness (QED) is 0.752. The normalized spacial score (nSPS) is 15.1. The number of carbonyl (C=O) groups is 1. The van der Waals surface area contributed by atoms with E-state index in [2.05, 4.69) is 21.1 Å². The number of nitrogens with one attached hydrogen (secondary N) is 3. The second-order valence-corrected chi connectivity index (χ2v) is 8.50. The number of carbonyl (C=O) groups excluding carboxylic acids is 1. The molecule has 0 saturated carbocycles. The molecule has 2 amide bonds. The first-order valence-electron chi connectivity index (χ1n) is 9.12. The molecule has 0 unspecified atom stereocenters. The van der Waals surface area contributed by atoms with E-state index >= 15 is 0 Å². The summed E-state index contributed by atoms with van der Waals surface area (Å²) in [6, 6.07) is 4.79. The summed E-state index contributed by atoms with van der Waals surface area (Å²) in [7, 11) is -4.05. The molecule has 0 fully saturated rings. The number of aromatic nitrogens is 1. The molecule has 142 valence electrons. The third-order valence-electron chi connectivity index (χ3n) is 5.10. The Morgan fingerprint density at radius 3 is 2.30 bits per heavy atom. The number of anilines is 2. The molecule has 2 aliphatic rings. The Kier molecular flexibility index (Phi) is 4.51. The van der Waals surface area contributed by atoms with Crippen LogP contribution < -0.4 is 14.8 Å². The van der Waals surface area contributed by atoms with Gasteiger partial charge in [-0.3, -0.25) is 9.71 Å². The number of nitrogens with zero attached hydrogens (tertiary/aromatic N) is 1. The molecule has 7 nitrogen and oxygen atoms in total. The number of aryl methyl sites for hydroxylation is 3. The van der Waals surface area contributed by atoms with Gasteiger partial charge >= 0.3 is 16.2 Å². The summed E-state index contributed by atoms with van der Waals surface area (Å²) in [6.07, 6.45) is 7.39. The lowest BCUT2D eigenvalue weighted by Crippen LogP contribution is -2.38. The summed E-state index contributed by atoms with van der Waals surface area (Å²) in [4.78, 5) is 16.4. The molecule has 1 aromatic carbocycles. The van der Waals surface area contributed by atoms with Crippen molar-refractivity contribution in [2.75, 3.05) is 10.0 Å². The average molecular weight is 386 g/mol. The fourth-order valence-electron chi connectivity index (χ4n) is 3.94. The molecule has 2 aliphatic carbocycles. The van der Waals surface area contributed by atoms with E-state index in [-0.39, 0.29) is 0 Å². The van der Waals surface area contributed by atoms with Crippen LogP contribution >= 0.6 is 0 Å². The highest BCUT2D eigenvalue weighted by Crippen LogP contribution is 2.38. The molecule has 0 bridgehead atoms. The second kappa shape index (κ2) is 6.84. The second-order valence-electron chi connectivity index (χ2n) is 7.08. The summed E-state index contributed by atoms with van der Waals surface area (Å²) >= 11 is 0. The van der Waals surface area contributed by atoms with Crippen molar-refractivity contribution in [3.8, 4) is 0 Å². The number of pyridine rings is 1. The van der Waals surface area contributed by atoms with Gasteiger partial charge in [-0.2, -0.15) is 8.42 Å². The maximum absolute atomic E-state index is 12.4. The Morgan fingerprint density at radius 1 is 1.04 bits per heavy atom. The molecule has 4 rings (SSSR count). The first-order valence-corrected chi connectivity index (χ1v) is 10.6. The molecule has 2 aromatic rings. The lowest BCUT2D eigenvalue weighted by atomic mass is 9.99. The number of benzene rings is 1. The predicted molar refractivity (Wildman–Crippen MR) is 104 cm³/mol. The lowest BCUT2D eigenvalue weighted by Gasteiger charge is -2.17. The van der Waals surface area contributed by atoms with Crippen LogP contribution in [-0.4, -0.2) is 19.4 Å². The predicted octanol–water partition coefficient (Wildman–Crippen LogP) is 2.85. The van der Waals surface area contributed by atoms with Crippen molar-refractivity contribution >= 4 is 27.6 Å². The van der Waals surface area contributed by atoms with Gasteiger partial charge < -0.3 is 5.32 Å². The van der Waals surface area contributed by atoms with Gasteiger partial charge in [0.15, 0.2) is 0 Å². The van der Waals surface area contributed by atoms with Crippen LogP contribution in [0.5, 0.6) is 0 Å². The molecule has 0 atom stereocenters. The van der Waals surface area contributed by atoms with E-state index in [0.717, 1.165) is 61.0 Å². The summed E-state index contributed by atoms with van der Waals surface area (Å²) < 4.78 is 28.8. The zero-order valence-corrected chi connectivity index (χ0v) is 15.9. The SMILES string of the molecule is Cc1ccc(NS(=O)(=O)NC(=O)Nc2c3c(cc4c2CCC4)CCC3)cn1. The van der Waals surface area contributed by atoms with Crippen LogP contribution in [0, 0.1) is 6.92 Å². The van der Waals surface area contributed by atoms with Crippen LogP contribution in [0.2, 0.25) is 0 Å². The molecule has 3 N–H and O–H groups in total. The summed E-state index contributed by atoms with van der Waals surface area (Å²) in [6.45, 7) is 1.81. The van der Waals surface area contributed by atoms with E-state index in [0.29, 0.717) is 5.69 Å². The zero-order valence-electron chi connectivity index (χ0n) is 15.1. The van der Waals surface area contributed by atoms with Gasteiger partial charge in [0.1, 0.15) is 0 Å². The Balaban J connectivity index is 1.51. The molecule has 8 heteroatoms. The maximum Gasteiger partial charge on any atom is 0.334 e. The van der Waals surface area contributed by atoms with Crippen molar-refractivity contribution in [1.82, 2.24) is 9.71 Å². The van der Waals surface area contributed by atoms with E-state index in [1.54, 1.807) is 19.1 Å². The van der Waals surface area contributed by atoms with Crippen LogP contribution in [0.15, 0.2) is 24.4 Å². The monoisotopic (exact) mass is 386 g/mol. The minimum atomic E-state index is -4.05. The fraction of sp³-hybridized carbons (Fsp3) is 0.368. The molecular formula is C19H22N4O3S. The summed E-state index contributed by atoms with van der Waals surface area (Å²) in [5.41, 5.74) is 6.73. The van der Waals surface area contributed by atoms with Gasteiger partial charge in [0.2, 0.25) is 0 Å². The Hall–Kier alpha value is -2.61. The van der Waals surface area contributed by atoms with E-state index in [1.165, 1.54) is 17.3 Å². The molecule has 0 aliphatic heterocycles. The minimum absolute atomic E-state index is 0.294. The van der Waals surface area contributed by atoms with E-state index in [9.17, 15) is 13.2 Å². The molecule has 1 aromatic heterocycles. The van der Waals surface area contributed by atoms with Crippen molar-refractivity contribution in [3.05, 3.63) is 52.3 Å². The van der Waals surface area contributed by atoms with Crippen LogP contribution in [-0.2, 0) is 35.9 Å². The number of urea groups is 1. The Bertz CT molecular complexity index is 968. The van der Waals surface area contributed by atoms with Crippen LogP contribution in [0.1, 0.15) is 40.8 Å². The standard InChI is InChI=1S/C19H22N4O3S/c1-12-8-9-15(11-20-12)22-27(25,26)23-19(24)21-18-16-6-2-4-13(16)10-14-5-3-7-17(14)18/h8-11,22H,2-7H2,1H3,(H2,21,23,24). The van der Waals surface area contributed by atoms with Gasteiger partial charge in [0.25, 0.3) is 0 Å². The highest BCUT2D eigenvalue weighted by Gasteiger charge is 2.25. The summed E-state index contributed by atoms with van der Waals surface area (Å²) in [5, 5.41) is 2.81. The van der Waals surface area contributed by atoms with E-state index in [1.807, 2.05) is 4.72 Å². The lowest BCUT2D eigenvalue weighted by molar-refractivity contribution is 0.256. The topological polar surface area (TPSA) is 100 Å². The van der Waals surface area contributed by atoms with Crippen molar-refractivity contribution in [2.45, 2.75) is 45.4 Å². The van der Waals surface area contributed by atoms with Crippen molar-refractivity contribution in [3.63, 3.8) is 0 Å². The molecule has 0 saturated heterocycles. The minimum Gasteiger partial charge on any atom is -0.307 e. The largest absolute Gasteiger partial charge is 0.334 e. The molecular weight excluding hydrogens is 364 g/mol. The van der Waals surface area contributed by atoms with Gasteiger partial charge in [0, 0.05) is 11.4 Å². The fourth-order valence-corrected chi connectivity index (χ4v) is 4.71. The van der Waals surface area contributed by atoms with Gasteiger partial charge in [-0.05, 0) is 79.8 Å². The molecule has 27 heavy (non-hydrogen) atoms. The third kappa shape index (κ3) is 3.75. The first kappa shape index (κ1) is 17.8. The molecule has 0 radical (unpaired) electrons. The van der Waals surface area contributed by atoms with Crippen LogP contribution in [0.4, 0.5) is 16.2 Å². The maximum atomic E-state index is 12.4. The van der Waals surface area contributed by atoms with Gasteiger partial charge in [-0.1, -0.05) is 6.07 Å². The Labute approximate surface area is 158 Å². The first-order chi connectivity index (χ1) is 12.9. The van der Waals surface area contributed by atoms with Crippen molar-refractivity contribution in [1.29, 1.82) is 0 Å². The zero-order chi connectivity index (χ0) is 19.0. The highest BCUT2D eigenvalue weighted by atomic mass is 32.2. The van der Waals surface area contributed by atoms with Crippen molar-refractivity contribution in [2.24, 2.45) is 0 Å². The van der Waals surface area contributed by atoms with E-state index in [4.69, 9.17) is 0 Å². The molecule has 1 heterocycles.